The minimum Gasteiger partial charge on any atom is -0.406 e. The number of aromatic nitrogens is 3. The molecule has 0 aliphatic carbocycles. The Bertz CT molecular complexity index is 917. The number of alkyl halides is 3. The van der Waals surface area contributed by atoms with Gasteiger partial charge in [0.15, 0.2) is 10.7 Å². The van der Waals surface area contributed by atoms with Gasteiger partial charge in [0.25, 0.3) is 0 Å². The second-order valence-electron chi connectivity index (χ2n) is 4.43. The molecule has 0 bridgehead atoms. The maximum absolute atomic E-state index is 12.4. The van der Waals surface area contributed by atoms with Crippen LogP contribution in [0.3, 0.4) is 0 Å². The summed E-state index contributed by atoms with van der Waals surface area (Å²) in [4.78, 5) is 3.76. The third-order valence-corrected chi connectivity index (χ3v) is 4.50. The van der Waals surface area contributed by atoms with Crippen molar-refractivity contribution >= 4 is 15.5 Å². The van der Waals surface area contributed by atoms with E-state index in [1.807, 2.05) is 0 Å². The van der Waals surface area contributed by atoms with Gasteiger partial charge in [0, 0.05) is 18.5 Å². The first-order valence-electron chi connectivity index (χ1n) is 6.17. The second-order valence-corrected chi connectivity index (χ2v) is 6.32. The predicted octanol–water partition coefficient (Wildman–Crippen LogP) is 2.46. The normalized spacial score (nSPS) is 12.5. The molecule has 0 saturated carbocycles. The van der Waals surface area contributed by atoms with Crippen molar-refractivity contribution in [3.8, 4) is 5.75 Å². The van der Waals surface area contributed by atoms with Gasteiger partial charge in [0.1, 0.15) is 5.75 Å². The highest BCUT2D eigenvalue weighted by Crippen LogP contribution is 2.26. The Labute approximate surface area is 128 Å². The zero-order valence-corrected chi connectivity index (χ0v) is 12.0. The Hall–Kier alpha value is -2.62. The minimum atomic E-state index is -4.84. The van der Waals surface area contributed by atoms with Gasteiger partial charge in [-0.2, -0.15) is 5.10 Å². The van der Waals surface area contributed by atoms with E-state index in [1.54, 1.807) is 6.07 Å². The van der Waals surface area contributed by atoms with Gasteiger partial charge < -0.3 is 4.74 Å². The van der Waals surface area contributed by atoms with E-state index in [-0.39, 0.29) is 9.92 Å². The third-order valence-electron chi connectivity index (χ3n) is 2.86. The Morgan fingerprint density at radius 3 is 2.43 bits per heavy atom. The molecule has 0 radical (unpaired) electrons. The fourth-order valence-corrected chi connectivity index (χ4v) is 3.07. The standard InChI is InChI=1S/C13H8F3N3O3S/c14-13(15,16)22-9-2-4-10(5-3-9)23(20,21)12-8-11-17-6-1-7-19(11)18-12/h1-8H. The molecule has 120 valence electrons. The van der Waals surface area contributed by atoms with E-state index in [4.69, 9.17) is 0 Å². The van der Waals surface area contributed by atoms with E-state index in [2.05, 4.69) is 14.8 Å². The van der Waals surface area contributed by atoms with Crippen LogP contribution in [0.25, 0.3) is 5.65 Å². The van der Waals surface area contributed by atoms with Gasteiger partial charge in [0.05, 0.1) is 4.90 Å². The van der Waals surface area contributed by atoms with Crippen molar-refractivity contribution in [3.05, 3.63) is 48.8 Å². The molecule has 0 aliphatic heterocycles. The topological polar surface area (TPSA) is 73.6 Å². The maximum atomic E-state index is 12.4. The highest BCUT2D eigenvalue weighted by molar-refractivity contribution is 7.91. The summed E-state index contributed by atoms with van der Waals surface area (Å²) in [7, 11) is -3.97. The van der Waals surface area contributed by atoms with Gasteiger partial charge >= 0.3 is 6.36 Å². The van der Waals surface area contributed by atoms with E-state index >= 15 is 0 Å². The molecular formula is C13H8F3N3O3S. The molecule has 23 heavy (non-hydrogen) atoms. The molecule has 2 heterocycles. The number of halogens is 3. The fourth-order valence-electron chi connectivity index (χ4n) is 1.88. The highest BCUT2D eigenvalue weighted by Gasteiger charge is 2.31. The van der Waals surface area contributed by atoms with Crippen LogP contribution in [0.15, 0.2) is 58.7 Å². The van der Waals surface area contributed by atoms with E-state index in [1.165, 1.54) is 23.0 Å². The van der Waals surface area contributed by atoms with E-state index in [9.17, 15) is 21.6 Å². The number of hydrogen-bond acceptors (Lipinski definition) is 5. The number of sulfone groups is 1. The van der Waals surface area contributed by atoms with Crippen LogP contribution in [0, 0.1) is 0 Å². The summed E-state index contributed by atoms with van der Waals surface area (Å²) in [6.45, 7) is 0. The number of fused-ring (bicyclic) bond motifs is 1. The Kier molecular flexibility index (Phi) is 3.48. The summed E-state index contributed by atoms with van der Waals surface area (Å²) in [5.41, 5.74) is 0.336. The quantitative estimate of drug-likeness (QED) is 0.730. The van der Waals surface area contributed by atoms with Crippen molar-refractivity contribution in [2.75, 3.05) is 0 Å². The lowest BCUT2D eigenvalue weighted by atomic mass is 10.3. The average Bonchev–Trinajstić information content (AvgIpc) is 2.91. The molecule has 10 heteroatoms. The van der Waals surface area contributed by atoms with Crippen molar-refractivity contribution in [1.82, 2.24) is 14.6 Å². The molecule has 1 aromatic carbocycles. The SMILES string of the molecule is O=S(=O)(c1ccc(OC(F)(F)F)cc1)c1cc2ncccn2n1. The Morgan fingerprint density at radius 1 is 1.13 bits per heavy atom. The Balaban J connectivity index is 1.96. The highest BCUT2D eigenvalue weighted by atomic mass is 32.2. The molecule has 0 atom stereocenters. The van der Waals surface area contributed by atoms with Crippen LogP contribution in [-0.4, -0.2) is 29.4 Å². The van der Waals surface area contributed by atoms with Gasteiger partial charge in [-0.05, 0) is 30.3 Å². The molecular weight excluding hydrogens is 335 g/mol. The van der Waals surface area contributed by atoms with Crippen molar-refractivity contribution in [3.63, 3.8) is 0 Å². The van der Waals surface area contributed by atoms with E-state index in [0.717, 1.165) is 24.3 Å². The van der Waals surface area contributed by atoms with Crippen LogP contribution in [0.1, 0.15) is 0 Å². The van der Waals surface area contributed by atoms with Crippen molar-refractivity contribution < 1.29 is 26.3 Å². The number of nitrogens with zero attached hydrogens (tertiary/aromatic N) is 3. The fraction of sp³-hybridized carbons (Fsp3) is 0.0769. The number of ether oxygens (including phenoxy) is 1. The minimum absolute atomic E-state index is 0.199. The summed E-state index contributed by atoms with van der Waals surface area (Å²) < 4.78 is 66.1. The molecule has 0 amide bonds. The number of benzene rings is 1. The van der Waals surface area contributed by atoms with Gasteiger partial charge in [-0.15, -0.1) is 13.2 Å². The summed E-state index contributed by atoms with van der Waals surface area (Å²) in [6, 6.07) is 6.75. The lowest BCUT2D eigenvalue weighted by Crippen LogP contribution is -2.17. The van der Waals surface area contributed by atoms with Crippen molar-refractivity contribution in [2.24, 2.45) is 0 Å². The van der Waals surface area contributed by atoms with Crippen molar-refractivity contribution in [1.29, 1.82) is 0 Å². The molecule has 0 unspecified atom stereocenters. The molecule has 0 saturated heterocycles. The van der Waals surface area contributed by atoms with Crippen LogP contribution in [0.4, 0.5) is 13.2 Å². The first-order chi connectivity index (χ1) is 10.8. The molecule has 0 spiro atoms. The van der Waals surface area contributed by atoms with Crippen LogP contribution >= 0.6 is 0 Å². The molecule has 3 aromatic rings. The number of hydrogen-bond donors (Lipinski definition) is 0. The molecule has 2 aromatic heterocycles. The zero-order valence-electron chi connectivity index (χ0n) is 11.2. The van der Waals surface area contributed by atoms with Gasteiger partial charge in [-0.25, -0.2) is 17.9 Å². The van der Waals surface area contributed by atoms with Gasteiger partial charge in [0.2, 0.25) is 9.84 Å². The van der Waals surface area contributed by atoms with Crippen LogP contribution < -0.4 is 4.74 Å². The lowest BCUT2D eigenvalue weighted by molar-refractivity contribution is -0.274. The molecule has 3 rings (SSSR count). The van der Waals surface area contributed by atoms with Crippen LogP contribution in [-0.2, 0) is 9.84 Å². The van der Waals surface area contributed by atoms with Crippen LogP contribution in [0.5, 0.6) is 5.75 Å². The summed E-state index contributed by atoms with van der Waals surface area (Å²) in [6.07, 6.45) is -1.83. The first kappa shape index (κ1) is 15.3. The van der Waals surface area contributed by atoms with Crippen LogP contribution in [0.2, 0.25) is 0 Å². The predicted molar refractivity (Wildman–Crippen MR) is 71.6 cm³/mol. The molecule has 6 nitrogen and oxygen atoms in total. The molecule has 0 N–H and O–H groups in total. The monoisotopic (exact) mass is 343 g/mol. The molecule has 0 aliphatic rings. The molecule has 0 fully saturated rings. The Morgan fingerprint density at radius 2 is 1.83 bits per heavy atom. The van der Waals surface area contributed by atoms with Crippen molar-refractivity contribution in [2.45, 2.75) is 16.3 Å². The largest absolute Gasteiger partial charge is 0.573 e. The third kappa shape index (κ3) is 3.11. The maximum Gasteiger partial charge on any atom is 0.573 e. The van der Waals surface area contributed by atoms with Gasteiger partial charge in [-0.1, -0.05) is 0 Å². The summed E-state index contributed by atoms with van der Waals surface area (Å²) in [5, 5.41) is 3.65. The zero-order chi connectivity index (χ0) is 16.7. The van der Waals surface area contributed by atoms with E-state index < -0.39 is 21.9 Å². The second kappa shape index (κ2) is 5.23. The number of rotatable bonds is 3. The van der Waals surface area contributed by atoms with Gasteiger partial charge in [-0.3, -0.25) is 0 Å². The smallest absolute Gasteiger partial charge is 0.406 e. The van der Waals surface area contributed by atoms with E-state index in [0.29, 0.717) is 5.65 Å². The average molecular weight is 343 g/mol. The summed E-state index contributed by atoms with van der Waals surface area (Å²) in [5.74, 6) is -0.506. The lowest BCUT2D eigenvalue weighted by Gasteiger charge is -2.09. The first-order valence-corrected chi connectivity index (χ1v) is 7.65. The summed E-state index contributed by atoms with van der Waals surface area (Å²) >= 11 is 0.